The van der Waals surface area contributed by atoms with E-state index in [2.05, 4.69) is 33.8 Å². The van der Waals surface area contributed by atoms with Crippen LogP contribution in [0.25, 0.3) is 0 Å². The molecule has 0 amide bonds. The van der Waals surface area contributed by atoms with Crippen LogP contribution >= 0.6 is 0 Å². The lowest BCUT2D eigenvalue weighted by Gasteiger charge is -2.48. The van der Waals surface area contributed by atoms with Gasteiger partial charge >= 0.3 is 0 Å². The maximum atomic E-state index is 10.7. The molecule has 1 aromatic rings. The Balaban J connectivity index is 2.12. The van der Waals surface area contributed by atoms with Crippen molar-refractivity contribution in [3.05, 3.63) is 23.8 Å². The Hall–Kier alpha value is -1.22. The van der Waals surface area contributed by atoms with Crippen LogP contribution in [0.5, 0.6) is 5.75 Å². The van der Waals surface area contributed by atoms with Crippen LogP contribution in [0.4, 0.5) is 5.69 Å². The number of methoxy groups -OCH3 is 1. The van der Waals surface area contributed by atoms with Crippen molar-refractivity contribution in [3.63, 3.8) is 0 Å². The third-order valence-corrected chi connectivity index (χ3v) is 5.56. The zero-order valence-corrected chi connectivity index (χ0v) is 13.1. The minimum Gasteiger partial charge on any atom is -0.497 e. The fourth-order valence-corrected chi connectivity index (χ4v) is 4.48. The van der Waals surface area contributed by atoms with Gasteiger partial charge in [0.25, 0.3) is 0 Å². The third-order valence-electron chi connectivity index (χ3n) is 5.56. The molecule has 3 nitrogen and oxygen atoms in total. The molecule has 0 radical (unpaired) electrons. The fourth-order valence-electron chi connectivity index (χ4n) is 4.48. The van der Waals surface area contributed by atoms with E-state index >= 15 is 0 Å². The standard InChI is InChI=1S/C17H25NO2/c1-10-9-17(3,4)16-15(11(10)2)13-7-6-12(20-5)8-14(13)18(16)19/h6-8,10-11,15-16,19H,9H2,1-5H3/t10-,11?,15?,16?/m0/s1. The number of hydrogen-bond acceptors (Lipinski definition) is 3. The van der Waals surface area contributed by atoms with Crippen LogP contribution in [0.1, 0.15) is 45.6 Å². The van der Waals surface area contributed by atoms with Gasteiger partial charge in [-0.15, -0.1) is 0 Å². The molecule has 1 aliphatic heterocycles. The van der Waals surface area contributed by atoms with E-state index in [9.17, 15) is 5.21 Å². The number of nitrogens with zero attached hydrogens (tertiary/aromatic N) is 1. The van der Waals surface area contributed by atoms with Crippen LogP contribution in [-0.4, -0.2) is 18.4 Å². The predicted octanol–water partition coefficient (Wildman–Crippen LogP) is 4.06. The van der Waals surface area contributed by atoms with Crippen LogP contribution in [0.3, 0.4) is 0 Å². The average molecular weight is 275 g/mol. The van der Waals surface area contributed by atoms with Gasteiger partial charge in [0.05, 0.1) is 18.8 Å². The quantitative estimate of drug-likeness (QED) is 0.839. The van der Waals surface area contributed by atoms with Gasteiger partial charge in [-0.05, 0) is 35.3 Å². The minimum absolute atomic E-state index is 0.109. The van der Waals surface area contributed by atoms with E-state index < -0.39 is 0 Å². The summed E-state index contributed by atoms with van der Waals surface area (Å²) in [6.45, 7) is 9.22. The monoisotopic (exact) mass is 275 g/mol. The van der Waals surface area contributed by atoms with Gasteiger partial charge in [-0.1, -0.05) is 33.8 Å². The van der Waals surface area contributed by atoms with Crippen molar-refractivity contribution in [3.8, 4) is 5.75 Å². The second-order valence-corrected chi connectivity index (χ2v) is 7.27. The van der Waals surface area contributed by atoms with E-state index in [1.54, 1.807) is 7.11 Å². The molecule has 1 aromatic carbocycles. The molecule has 1 fully saturated rings. The molecule has 3 heteroatoms. The normalized spacial score (nSPS) is 34.6. The summed E-state index contributed by atoms with van der Waals surface area (Å²) in [5.74, 6) is 2.46. The molecule has 3 unspecified atom stereocenters. The van der Waals surface area contributed by atoms with Gasteiger partial charge in [0.15, 0.2) is 0 Å². The zero-order valence-electron chi connectivity index (χ0n) is 13.1. The highest BCUT2D eigenvalue weighted by atomic mass is 16.5. The van der Waals surface area contributed by atoms with E-state index in [4.69, 9.17) is 4.74 Å². The lowest BCUT2D eigenvalue weighted by molar-refractivity contribution is 0.0432. The smallest absolute Gasteiger partial charge is 0.121 e. The molecule has 1 heterocycles. The maximum Gasteiger partial charge on any atom is 0.121 e. The van der Waals surface area contributed by atoms with Crippen molar-refractivity contribution in [2.45, 2.75) is 46.1 Å². The van der Waals surface area contributed by atoms with Crippen molar-refractivity contribution in [2.75, 3.05) is 12.2 Å². The largest absolute Gasteiger partial charge is 0.497 e. The maximum absolute atomic E-state index is 10.7. The van der Waals surface area contributed by atoms with Crippen molar-refractivity contribution in [2.24, 2.45) is 17.3 Å². The van der Waals surface area contributed by atoms with Gasteiger partial charge in [-0.25, -0.2) is 0 Å². The number of benzene rings is 1. The molecule has 0 bridgehead atoms. The lowest BCUT2D eigenvalue weighted by Crippen LogP contribution is -2.50. The molecule has 1 saturated carbocycles. The molecule has 0 saturated heterocycles. The summed E-state index contributed by atoms with van der Waals surface area (Å²) in [4.78, 5) is 0. The molecule has 1 N–H and O–H groups in total. The van der Waals surface area contributed by atoms with Gasteiger partial charge in [0.2, 0.25) is 0 Å². The predicted molar refractivity (Wildman–Crippen MR) is 80.5 cm³/mol. The van der Waals surface area contributed by atoms with Crippen LogP contribution in [0, 0.1) is 17.3 Å². The first kappa shape index (κ1) is 13.7. The van der Waals surface area contributed by atoms with Gasteiger partial charge < -0.3 is 4.74 Å². The van der Waals surface area contributed by atoms with Crippen LogP contribution in [-0.2, 0) is 0 Å². The molecular formula is C17H25NO2. The van der Waals surface area contributed by atoms with Crippen molar-refractivity contribution in [1.82, 2.24) is 0 Å². The summed E-state index contributed by atoms with van der Waals surface area (Å²) < 4.78 is 5.30. The summed E-state index contributed by atoms with van der Waals surface area (Å²) in [5, 5.41) is 12.2. The Kier molecular flexibility index (Phi) is 3.02. The van der Waals surface area contributed by atoms with Gasteiger partial charge in [0.1, 0.15) is 5.75 Å². The summed E-state index contributed by atoms with van der Waals surface area (Å²) in [6, 6.07) is 6.26. The van der Waals surface area contributed by atoms with E-state index in [1.807, 2.05) is 12.1 Å². The summed E-state index contributed by atoms with van der Waals surface area (Å²) in [5.41, 5.74) is 2.30. The summed E-state index contributed by atoms with van der Waals surface area (Å²) >= 11 is 0. The number of hydrogen-bond donors (Lipinski definition) is 1. The molecule has 20 heavy (non-hydrogen) atoms. The Morgan fingerprint density at radius 1 is 1.30 bits per heavy atom. The van der Waals surface area contributed by atoms with E-state index in [0.29, 0.717) is 17.8 Å². The SMILES string of the molecule is COc1ccc2c(c1)N(O)C1C2C(C)[C@@H](C)CC1(C)C. The molecule has 1 aliphatic carbocycles. The number of ether oxygens (including phenoxy) is 1. The highest BCUT2D eigenvalue weighted by Gasteiger charge is 2.53. The molecule has 4 atom stereocenters. The van der Waals surface area contributed by atoms with Gasteiger partial charge in [-0.3, -0.25) is 10.3 Å². The Morgan fingerprint density at radius 3 is 2.65 bits per heavy atom. The van der Waals surface area contributed by atoms with E-state index in [-0.39, 0.29) is 11.5 Å². The first-order chi connectivity index (χ1) is 9.36. The summed E-state index contributed by atoms with van der Waals surface area (Å²) in [7, 11) is 1.67. The van der Waals surface area contributed by atoms with Crippen LogP contribution in [0.15, 0.2) is 18.2 Å². The number of rotatable bonds is 1. The summed E-state index contributed by atoms with van der Waals surface area (Å²) in [6.07, 6.45) is 1.15. The second kappa shape index (κ2) is 4.39. The molecule has 110 valence electrons. The Bertz CT molecular complexity index is 526. The van der Waals surface area contributed by atoms with Gasteiger partial charge in [-0.2, -0.15) is 0 Å². The number of fused-ring (bicyclic) bond motifs is 3. The van der Waals surface area contributed by atoms with Gasteiger partial charge in [0, 0.05) is 12.0 Å². The van der Waals surface area contributed by atoms with E-state index in [0.717, 1.165) is 17.9 Å². The zero-order chi connectivity index (χ0) is 14.7. The van der Waals surface area contributed by atoms with Crippen molar-refractivity contribution in [1.29, 1.82) is 0 Å². The molecule has 0 aromatic heterocycles. The van der Waals surface area contributed by atoms with Crippen molar-refractivity contribution >= 4 is 5.69 Å². The van der Waals surface area contributed by atoms with Crippen LogP contribution in [0.2, 0.25) is 0 Å². The van der Waals surface area contributed by atoms with Crippen LogP contribution < -0.4 is 9.80 Å². The fraction of sp³-hybridized carbons (Fsp3) is 0.647. The third kappa shape index (κ3) is 1.76. The highest BCUT2D eigenvalue weighted by molar-refractivity contribution is 5.63. The Labute approximate surface area is 121 Å². The molecule has 3 rings (SSSR count). The topological polar surface area (TPSA) is 32.7 Å². The number of hydroxylamine groups is 1. The minimum atomic E-state index is 0.109. The second-order valence-electron chi connectivity index (χ2n) is 7.27. The highest BCUT2D eigenvalue weighted by Crippen LogP contribution is 2.57. The first-order valence-electron chi connectivity index (χ1n) is 7.53. The Morgan fingerprint density at radius 2 is 2.00 bits per heavy atom. The average Bonchev–Trinajstić information content (AvgIpc) is 2.70. The molecule has 2 aliphatic rings. The first-order valence-corrected chi connectivity index (χ1v) is 7.53. The van der Waals surface area contributed by atoms with Crippen molar-refractivity contribution < 1.29 is 9.94 Å². The number of anilines is 1. The lowest BCUT2D eigenvalue weighted by atomic mass is 9.59. The molecule has 0 spiro atoms. The molecular weight excluding hydrogens is 250 g/mol. The van der Waals surface area contributed by atoms with E-state index in [1.165, 1.54) is 10.6 Å².